The van der Waals surface area contributed by atoms with Crippen molar-refractivity contribution in [2.24, 2.45) is 0 Å². The Morgan fingerprint density at radius 1 is 1.32 bits per heavy atom. The molecule has 0 saturated heterocycles. The van der Waals surface area contributed by atoms with Crippen LogP contribution in [0, 0.1) is 0 Å². The number of thiophene rings is 1. The molecule has 1 aromatic heterocycles. The molecule has 0 aliphatic carbocycles. The molecule has 2 N–H and O–H groups in total. The Kier molecular flexibility index (Phi) is 4.69. The number of rotatable bonds is 4. The van der Waals surface area contributed by atoms with E-state index < -0.39 is 0 Å². The molecule has 0 saturated carbocycles. The van der Waals surface area contributed by atoms with Gasteiger partial charge in [0.15, 0.2) is 0 Å². The third-order valence-electron chi connectivity index (χ3n) is 2.53. The van der Waals surface area contributed by atoms with E-state index in [-0.39, 0.29) is 5.91 Å². The molecule has 1 aromatic carbocycles. The van der Waals surface area contributed by atoms with Gasteiger partial charge in [-0.3, -0.25) is 4.79 Å². The summed E-state index contributed by atoms with van der Waals surface area (Å²) >= 11 is 13.5. The van der Waals surface area contributed by atoms with Crippen molar-refractivity contribution < 1.29 is 4.79 Å². The highest BCUT2D eigenvalue weighted by atomic mass is 35.5. The molecule has 0 spiro atoms. The van der Waals surface area contributed by atoms with E-state index in [9.17, 15) is 4.79 Å². The van der Waals surface area contributed by atoms with E-state index in [1.807, 2.05) is 11.4 Å². The zero-order chi connectivity index (χ0) is 13.8. The Morgan fingerprint density at radius 3 is 2.74 bits per heavy atom. The lowest BCUT2D eigenvalue weighted by atomic mass is 10.2. The molecule has 0 radical (unpaired) electrons. The number of hydrogen-bond donors (Lipinski definition) is 2. The first kappa shape index (κ1) is 14.2. The molecule has 0 atom stereocenters. The van der Waals surface area contributed by atoms with Gasteiger partial charge in [0.05, 0.1) is 15.7 Å². The lowest BCUT2D eigenvalue weighted by molar-refractivity contribution is 0.0963. The van der Waals surface area contributed by atoms with E-state index in [1.165, 1.54) is 0 Å². The van der Waals surface area contributed by atoms with Gasteiger partial charge in [0.25, 0.3) is 5.91 Å². The predicted octanol–water partition coefficient (Wildman–Crippen LogP) is 4.03. The normalized spacial score (nSPS) is 10.3. The molecule has 0 aliphatic heterocycles. The maximum atomic E-state index is 11.6. The molecule has 2 rings (SSSR count). The predicted molar refractivity (Wildman–Crippen MR) is 81.5 cm³/mol. The highest BCUT2D eigenvalue weighted by molar-refractivity contribution is 7.10. The van der Waals surface area contributed by atoms with E-state index in [2.05, 4.69) is 10.6 Å². The van der Waals surface area contributed by atoms with E-state index in [0.717, 1.165) is 15.6 Å². The van der Waals surface area contributed by atoms with Gasteiger partial charge in [-0.25, -0.2) is 0 Å². The minimum Gasteiger partial charge on any atom is -0.379 e. The second kappa shape index (κ2) is 6.28. The minimum absolute atomic E-state index is 0.140. The third-order valence-corrected chi connectivity index (χ3v) is 4.14. The zero-order valence-corrected chi connectivity index (χ0v) is 12.5. The van der Waals surface area contributed by atoms with Gasteiger partial charge in [-0.15, -0.1) is 11.3 Å². The monoisotopic (exact) mass is 314 g/mol. The van der Waals surface area contributed by atoms with Gasteiger partial charge in [-0.2, -0.15) is 0 Å². The summed E-state index contributed by atoms with van der Waals surface area (Å²) in [6, 6.07) is 7.02. The third kappa shape index (κ3) is 3.62. The summed E-state index contributed by atoms with van der Waals surface area (Å²) in [5.41, 5.74) is 1.30. The van der Waals surface area contributed by atoms with Gasteiger partial charge in [-0.1, -0.05) is 23.2 Å². The zero-order valence-electron chi connectivity index (χ0n) is 10.2. The Labute approximate surface area is 125 Å². The van der Waals surface area contributed by atoms with Crippen LogP contribution < -0.4 is 10.6 Å². The number of carbonyl (C=O) groups excluding carboxylic acids is 1. The van der Waals surface area contributed by atoms with Crippen molar-refractivity contribution in [2.75, 3.05) is 12.4 Å². The number of amides is 1. The molecule has 1 amide bonds. The molecule has 0 unspecified atom stereocenters. The molecule has 1 heterocycles. The van der Waals surface area contributed by atoms with Crippen molar-refractivity contribution in [1.29, 1.82) is 0 Å². The van der Waals surface area contributed by atoms with Gasteiger partial charge in [0, 0.05) is 29.4 Å². The molecule has 6 heteroatoms. The number of benzene rings is 1. The summed E-state index contributed by atoms with van der Waals surface area (Å²) in [5, 5.41) is 8.97. The van der Waals surface area contributed by atoms with Crippen molar-refractivity contribution in [1.82, 2.24) is 5.32 Å². The van der Waals surface area contributed by atoms with Crippen LogP contribution in [0.3, 0.4) is 0 Å². The van der Waals surface area contributed by atoms with Crippen LogP contribution in [-0.4, -0.2) is 13.0 Å². The Morgan fingerprint density at radius 2 is 2.11 bits per heavy atom. The van der Waals surface area contributed by atoms with E-state index in [4.69, 9.17) is 23.2 Å². The Hall–Kier alpha value is -1.23. The first-order valence-electron chi connectivity index (χ1n) is 5.58. The van der Waals surface area contributed by atoms with Gasteiger partial charge >= 0.3 is 0 Å². The summed E-state index contributed by atoms with van der Waals surface area (Å²) in [6.45, 7) is 0.619. The van der Waals surface area contributed by atoms with E-state index in [0.29, 0.717) is 17.1 Å². The summed E-state index contributed by atoms with van der Waals surface area (Å²) in [5.74, 6) is -0.140. The Balaban J connectivity index is 2.12. The highest BCUT2D eigenvalue weighted by Crippen LogP contribution is 2.25. The minimum atomic E-state index is -0.140. The van der Waals surface area contributed by atoms with Crippen molar-refractivity contribution in [3.8, 4) is 0 Å². The molecular formula is C13H12Cl2N2OS. The van der Waals surface area contributed by atoms with Crippen LogP contribution in [0.2, 0.25) is 10.0 Å². The van der Waals surface area contributed by atoms with Crippen LogP contribution in [-0.2, 0) is 6.54 Å². The van der Waals surface area contributed by atoms with Gasteiger partial charge in [-0.05, 0) is 24.3 Å². The topological polar surface area (TPSA) is 41.1 Å². The average Bonchev–Trinajstić information content (AvgIpc) is 2.82. The number of halogens is 2. The number of carbonyl (C=O) groups is 1. The summed E-state index contributed by atoms with van der Waals surface area (Å²) in [7, 11) is 1.59. The molecule has 0 bridgehead atoms. The highest BCUT2D eigenvalue weighted by Gasteiger charge is 2.07. The van der Waals surface area contributed by atoms with Crippen LogP contribution in [0.1, 0.15) is 15.2 Å². The molecule has 0 aliphatic rings. The van der Waals surface area contributed by atoms with Gasteiger partial charge in [0.1, 0.15) is 0 Å². The molecule has 19 heavy (non-hydrogen) atoms. The Bertz CT molecular complexity index is 598. The van der Waals surface area contributed by atoms with Crippen molar-refractivity contribution in [2.45, 2.75) is 6.54 Å². The van der Waals surface area contributed by atoms with Crippen LogP contribution in [0.25, 0.3) is 0 Å². The first-order valence-corrected chi connectivity index (χ1v) is 7.22. The quantitative estimate of drug-likeness (QED) is 0.894. The average molecular weight is 315 g/mol. The van der Waals surface area contributed by atoms with Crippen LogP contribution >= 0.6 is 34.5 Å². The summed E-state index contributed by atoms with van der Waals surface area (Å²) in [6.07, 6.45) is 0. The fraction of sp³-hybridized carbons (Fsp3) is 0.154. The summed E-state index contributed by atoms with van der Waals surface area (Å²) in [4.78, 5) is 12.7. The fourth-order valence-corrected chi connectivity index (χ4v) is 2.77. The molecule has 3 nitrogen and oxygen atoms in total. The SMILES string of the molecule is CNC(=O)c1ccc(Cl)c(NCc2cc(Cl)cs2)c1. The standard InChI is InChI=1S/C13H12Cl2N2OS/c1-16-13(18)8-2-3-11(15)12(4-8)17-6-10-5-9(14)7-19-10/h2-5,7,17H,6H2,1H3,(H,16,18). The van der Waals surface area contributed by atoms with Crippen molar-refractivity contribution in [3.63, 3.8) is 0 Å². The molecule has 0 fully saturated rings. The lowest BCUT2D eigenvalue weighted by Crippen LogP contribution is -2.17. The summed E-state index contributed by atoms with van der Waals surface area (Å²) < 4.78 is 0. The largest absolute Gasteiger partial charge is 0.379 e. The van der Waals surface area contributed by atoms with E-state index in [1.54, 1.807) is 36.6 Å². The van der Waals surface area contributed by atoms with Crippen molar-refractivity contribution in [3.05, 3.63) is 50.1 Å². The smallest absolute Gasteiger partial charge is 0.251 e. The first-order chi connectivity index (χ1) is 9.10. The second-order valence-electron chi connectivity index (χ2n) is 3.86. The fourth-order valence-electron chi connectivity index (χ4n) is 1.58. The number of anilines is 1. The second-order valence-corrected chi connectivity index (χ2v) is 5.70. The number of hydrogen-bond acceptors (Lipinski definition) is 3. The lowest BCUT2D eigenvalue weighted by Gasteiger charge is -2.09. The maximum absolute atomic E-state index is 11.6. The molecule has 2 aromatic rings. The van der Waals surface area contributed by atoms with E-state index >= 15 is 0 Å². The van der Waals surface area contributed by atoms with Crippen LogP contribution in [0.4, 0.5) is 5.69 Å². The van der Waals surface area contributed by atoms with Gasteiger partial charge < -0.3 is 10.6 Å². The van der Waals surface area contributed by atoms with Gasteiger partial charge in [0.2, 0.25) is 0 Å². The molecule has 100 valence electrons. The molecular weight excluding hydrogens is 303 g/mol. The van der Waals surface area contributed by atoms with Crippen LogP contribution in [0.5, 0.6) is 0 Å². The number of nitrogens with one attached hydrogen (secondary N) is 2. The van der Waals surface area contributed by atoms with Crippen LogP contribution in [0.15, 0.2) is 29.6 Å². The maximum Gasteiger partial charge on any atom is 0.251 e. The van der Waals surface area contributed by atoms with Crippen molar-refractivity contribution >= 4 is 46.1 Å².